The zero-order valence-corrected chi connectivity index (χ0v) is 13.3. The maximum atomic E-state index is 12.6. The molecule has 2 heterocycles. The van der Waals surface area contributed by atoms with Crippen LogP contribution in [-0.4, -0.2) is 54.2 Å². The maximum Gasteiger partial charge on any atom is 0.246 e. The first-order valence-electron chi connectivity index (χ1n) is 6.55. The fraction of sp³-hybridized carbons (Fsp3) is 0.750. The van der Waals surface area contributed by atoms with Crippen molar-refractivity contribution in [3.8, 4) is 0 Å². The number of hydrogen-bond acceptors (Lipinski definition) is 4. The first-order chi connectivity index (χ1) is 9.41. The van der Waals surface area contributed by atoms with Crippen LogP contribution in [0, 0.1) is 0 Å². The minimum Gasteiger partial charge on any atom is -0.377 e. The lowest BCUT2D eigenvalue weighted by Gasteiger charge is -2.38. The molecule has 20 heavy (non-hydrogen) atoms. The number of sulfonamides is 1. The molecule has 1 aliphatic heterocycles. The number of piperidine rings is 1. The third kappa shape index (κ3) is 3.16. The van der Waals surface area contributed by atoms with Crippen LogP contribution in [0.25, 0.3) is 0 Å². The molecular weight excluding hydrogens is 302 g/mol. The third-order valence-corrected chi connectivity index (χ3v) is 5.64. The number of aromatic nitrogens is 2. The summed E-state index contributed by atoms with van der Waals surface area (Å²) in [7, 11) is -1.89. The first kappa shape index (κ1) is 15.8. The van der Waals surface area contributed by atoms with Gasteiger partial charge in [-0.05, 0) is 19.8 Å². The number of alkyl halides is 1. The monoisotopic (exact) mass is 321 g/mol. The van der Waals surface area contributed by atoms with Gasteiger partial charge in [-0.3, -0.25) is 4.68 Å². The molecule has 1 aromatic heterocycles. The highest BCUT2D eigenvalue weighted by molar-refractivity contribution is 7.89. The van der Waals surface area contributed by atoms with Gasteiger partial charge < -0.3 is 4.74 Å². The molecule has 114 valence electrons. The minimum absolute atomic E-state index is 0.211. The first-order valence-corrected chi connectivity index (χ1v) is 8.52. The molecule has 1 aliphatic rings. The van der Waals surface area contributed by atoms with E-state index in [1.807, 2.05) is 6.92 Å². The van der Waals surface area contributed by atoms with Gasteiger partial charge in [-0.15, -0.1) is 11.6 Å². The maximum absolute atomic E-state index is 12.6. The summed E-state index contributed by atoms with van der Waals surface area (Å²) in [6, 6.07) is 0. The Morgan fingerprint density at radius 3 is 2.95 bits per heavy atom. The minimum atomic E-state index is -3.51. The topological polar surface area (TPSA) is 64.4 Å². The molecule has 1 fully saturated rings. The standard InChI is InChI=1S/C12H20ClN3O3S/c1-12(19-2)4-3-6-16(10-12)20(17,18)11-8-14-15(9-11)7-5-13/h8-9H,3-7,10H2,1-2H3. The number of ether oxygens (including phenoxy) is 1. The summed E-state index contributed by atoms with van der Waals surface area (Å²) >= 11 is 5.63. The Bertz CT molecular complexity index is 560. The molecule has 0 amide bonds. The highest BCUT2D eigenvalue weighted by atomic mass is 35.5. The second-order valence-electron chi connectivity index (χ2n) is 5.22. The number of hydrogen-bond donors (Lipinski definition) is 0. The van der Waals surface area contributed by atoms with Gasteiger partial charge in [0, 0.05) is 32.3 Å². The third-order valence-electron chi connectivity index (χ3n) is 3.68. The molecule has 0 saturated carbocycles. The zero-order valence-electron chi connectivity index (χ0n) is 11.7. The molecule has 2 rings (SSSR count). The fourth-order valence-electron chi connectivity index (χ4n) is 2.37. The van der Waals surface area contributed by atoms with Gasteiger partial charge in [-0.25, -0.2) is 8.42 Å². The summed E-state index contributed by atoms with van der Waals surface area (Å²) in [4.78, 5) is 0.211. The van der Waals surface area contributed by atoms with E-state index >= 15 is 0 Å². The highest BCUT2D eigenvalue weighted by Crippen LogP contribution is 2.28. The van der Waals surface area contributed by atoms with E-state index in [0.29, 0.717) is 25.5 Å². The Morgan fingerprint density at radius 1 is 1.55 bits per heavy atom. The molecule has 1 unspecified atom stereocenters. The fourth-order valence-corrected chi connectivity index (χ4v) is 4.09. The average molecular weight is 322 g/mol. The van der Waals surface area contributed by atoms with Crippen LogP contribution in [0.3, 0.4) is 0 Å². The van der Waals surface area contributed by atoms with E-state index in [0.717, 1.165) is 12.8 Å². The van der Waals surface area contributed by atoms with Crippen LogP contribution in [0.15, 0.2) is 17.3 Å². The molecule has 0 aliphatic carbocycles. The number of nitrogens with zero attached hydrogens (tertiary/aromatic N) is 3. The van der Waals surface area contributed by atoms with Crippen molar-refractivity contribution < 1.29 is 13.2 Å². The largest absolute Gasteiger partial charge is 0.377 e. The Hall–Kier alpha value is -0.630. The lowest BCUT2D eigenvalue weighted by Crippen LogP contribution is -2.49. The molecular formula is C12H20ClN3O3S. The summed E-state index contributed by atoms with van der Waals surface area (Å²) in [5.41, 5.74) is -0.419. The summed E-state index contributed by atoms with van der Waals surface area (Å²) in [5, 5.41) is 4.02. The normalized spacial score (nSPS) is 24.9. The van der Waals surface area contributed by atoms with Crippen molar-refractivity contribution in [1.29, 1.82) is 0 Å². The summed E-state index contributed by atoms with van der Waals surface area (Å²) in [5.74, 6) is 0.395. The van der Waals surface area contributed by atoms with Crippen LogP contribution >= 0.6 is 11.6 Å². The number of rotatable bonds is 5. The van der Waals surface area contributed by atoms with Crippen LogP contribution in [0.2, 0.25) is 0 Å². The molecule has 0 bridgehead atoms. The summed E-state index contributed by atoms with van der Waals surface area (Å²) < 4.78 is 33.6. The van der Waals surface area contributed by atoms with Crippen molar-refractivity contribution in [3.05, 3.63) is 12.4 Å². The van der Waals surface area contributed by atoms with E-state index in [-0.39, 0.29) is 4.90 Å². The van der Waals surface area contributed by atoms with Gasteiger partial charge in [-0.1, -0.05) is 0 Å². The van der Waals surface area contributed by atoms with Crippen molar-refractivity contribution in [3.63, 3.8) is 0 Å². The lowest BCUT2D eigenvalue weighted by atomic mass is 9.96. The summed E-state index contributed by atoms with van der Waals surface area (Å²) in [6.45, 7) is 3.31. The van der Waals surface area contributed by atoms with Crippen molar-refractivity contribution in [2.24, 2.45) is 0 Å². The van der Waals surface area contributed by atoms with Crippen molar-refractivity contribution in [2.45, 2.75) is 36.8 Å². The van der Waals surface area contributed by atoms with E-state index < -0.39 is 15.6 Å². The van der Waals surface area contributed by atoms with Crippen LogP contribution in [0.5, 0.6) is 0 Å². The van der Waals surface area contributed by atoms with Gasteiger partial charge in [-0.2, -0.15) is 9.40 Å². The smallest absolute Gasteiger partial charge is 0.246 e. The predicted molar refractivity (Wildman–Crippen MR) is 76.4 cm³/mol. The highest BCUT2D eigenvalue weighted by Gasteiger charge is 2.37. The average Bonchev–Trinajstić information content (AvgIpc) is 2.89. The van der Waals surface area contributed by atoms with E-state index in [1.165, 1.54) is 16.7 Å². The van der Waals surface area contributed by atoms with Crippen LogP contribution in [0.1, 0.15) is 19.8 Å². The van der Waals surface area contributed by atoms with E-state index in [4.69, 9.17) is 16.3 Å². The number of halogens is 1. The van der Waals surface area contributed by atoms with Gasteiger partial charge in [0.05, 0.1) is 18.3 Å². The van der Waals surface area contributed by atoms with Crippen molar-refractivity contribution >= 4 is 21.6 Å². The lowest BCUT2D eigenvalue weighted by molar-refractivity contribution is -0.0319. The molecule has 0 radical (unpaired) electrons. The molecule has 1 saturated heterocycles. The van der Waals surface area contributed by atoms with Crippen LogP contribution in [0.4, 0.5) is 0 Å². The van der Waals surface area contributed by atoms with Gasteiger partial charge >= 0.3 is 0 Å². The number of methoxy groups -OCH3 is 1. The quantitative estimate of drug-likeness (QED) is 0.767. The summed E-state index contributed by atoms with van der Waals surface area (Å²) in [6.07, 6.45) is 4.55. The van der Waals surface area contributed by atoms with E-state index in [2.05, 4.69) is 5.10 Å². The molecule has 1 aromatic rings. The Morgan fingerprint density at radius 2 is 2.30 bits per heavy atom. The molecule has 0 N–H and O–H groups in total. The predicted octanol–water partition coefficient (Wildman–Crippen LogP) is 1.31. The Balaban J connectivity index is 2.20. The second-order valence-corrected chi connectivity index (χ2v) is 7.54. The van der Waals surface area contributed by atoms with Crippen molar-refractivity contribution in [2.75, 3.05) is 26.1 Å². The van der Waals surface area contributed by atoms with Crippen LogP contribution < -0.4 is 0 Å². The Kier molecular flexibility index (Phi) is 4.73. The van der Waals surface area contributed by atoms with Crippen LogP contribution in [-0.2, 0) is 21.3 Å². The van der Waals surface area contributed by atoms with E-state index in [9.17, 15) is 8.42 Å². The molecule has 0 spiro atoms. The Labute approximate surface area is 124 Å². The molecule has 0 aromatic carbocycles. The van der Waals surface area contributed by atoms with Gasteiger partial charge in [0.2, 0.25) is 10.0 Å². The van der Waals surface area contributed by atoms with Gasteiger partial charge in [0.25, 0.3) is 0 Å². The molecule has 1 atom stereocenters. The van der Waals surface area contributed by atoms with E-state index in [1.54, 1.807) is 11.8 Å². The zero-order chi connectivity index (χ0) is 14.8. The molecule has 8 heteroatoms. The SMILES string of the molecule is COC1(C)CCCN(S(=O)(=O)c2cnn(CCCl)c2)C1. The number of aryl methyl sites for hydroxylation is 1. The van der Waals surface area contributed by atoms with Gasteiger partial charge in [0.1, 0.15) is 4.90 Å². The molecule has 6 nitrogen and oxygen atoms in total. The van der Waals surface area contributed by atoms with Gasteiger partial charge in [0.15, 0.2) is 0 Å². The second kappa shape index (κ2) is 6.01. The van der Waals surface area contributed by atoms with Crippen molar-refractivity contribution in [1.82, 2.24) is 14.1 Å².